The van der Waals surface area contributed by atoms with Gasteiger partial charge in [0.2, 0.25) is 14.9 Å². The molecular formula is C18H19FN4O2S. The van der Waals surface area contributed by atoms with Crippen LogP contribution in [0.15, 0.2) is 58.5 Å². The summed E-state index contributed by atoms with van der Waals surface area (Å²) in [6.07, 6.45) is 0. The highest BCUT2D eigenvalue weighted by Crippen LogP contribution is 2.28. The molecule has 8 heteroatoms. The van der Waals surface area contributed by atoms with Crippen LogP contribution in [0.3, 0.4) is 0 Å². The van der Waals surface area contributed by atoms with Gasteiger partial charge in [-0.2, -0.15) is 4.68 Å². The standard InChI is InChI=1S/C18H19FN4O2S/c1-18(2,3)12-4-10-15(11-5-12)26(24,25)17-16(20)23(22-21-17)14-8-6-13(19)7-9-14/h4-11H,20H2,1-3H3. The molecule has 0 spiro atoms. The second-order valence-corrected chi connectivity index (χ2v) is 8.81. The fourth-order valence-corrected chi connectivity index (χ4v) is 3.71. The van der Waals surface area contributed by atoms with Crippen molar-refractivity contribution in [1.29, 1.82) is 0 Å². The van der Waals surface area contributed by atoms with Gasteiger partial charge in [0.05, 0.1) is 10.6 Å². The summed E-state index contributed by atoms with van der Waals surface area (Å²) in [5, 5.41) is 7.22. The molecule has 2 aromatic carbocycles. The van der Waals surface area contributed by atoms with Crippen LogP contribution in [0.25, 0.3) is 5.69 Å². The minimum atomic E-state index is -3.92. The van der Waals surface area contributed by atoms with Crippen LogP contribution in [-0.2, 0) is 15.3 Å². The first-order chi connectivity index (χ1) is 12.1. The maximum Gasteiger partial charge on any atom is 0.229 e. The number of benzene rings is 2. The Kier molecular flexibility index (Phi) is 4.31. The van der Waals surface area contributed by atoms with Crippen molar-refractivity contribution in [3.05, 3.63) is 59.9 Å². The van der Waals surface area contributed by atoms with Gasteiger partial charge in [-0.15, -0.1) is 5.10 Å². The number of sulfone groups is 1. The molecule has 0 radical (unpaired) electrons. The molecule has 0 saturated carbocycles. The molecule has 3 aromatic rings. The summed E-state index contributed by atoms with van der Waals surface area (Å²) >= 11 is 0. The third kappa shape index (κ3) is 3.20. The zero-order valence-electron chi connectivity index (χ0n) is 14.6. The molecule has 0 saturated heterocycles. The molecule has 0 bridgehead atoms. The number of anilines is 1. The Hall–Kier alpha value is -2.74. The first kappa shape index (κ1) is 18.1. The highest BCUT2D eigenvalue weighted by Gasteiger charge is 2.27. The fourth-order valence-electron chi connectivity index (χ4n) is 2.49. The number of nitrogens with two attached hydrogens (primary N) is 1. The Labute approximate surface area is 151 Å². The van der Waals surface area contributed by atoms with Crippen molar-refractivity contribution in [2.75, 3.05) is 5.73 Å². The maximum atomic E-state index is 13.1. The minimum Gasteiger partial charge on any atom is -0.381 e. The molecule has 1 aromatic heterocycles. The highest BCUT2D eigenvalue weighted by molar-refractivity contribution is 7.91. The molecule has 136 valence electrons. The van der Waals surface area contributed by atoms with Crippen LogP contribution in [0.2, 0.25) is 0 Å². The van der Waals surface area contributed by atoms with E-state index < -0.39 is 15.7 Å². The van der Waals surface area contributed by atoms with Gasteiger partial charge in [-0.25, -0.2) is 12.8 Å². The topological polar surface area (TPSA) is 90.9 Å². The van der Waals surface area contributed by atoms with Crippen LogP contribution in [-0.4, -0.2) is 23.4 Å². The van der Waals surface area contributed by atoms with Gasteiger partial charge < -0.3 is 5.73 Å². The van der Waals surface area contributed by atoms with Crippen LogP contribution in [0.1, 0.15) is 26.3 Å². The van der Waals surface area contributed by atoms with Crippen molar-refractivity contribution in [3.8, 4) is 5.69 Å². The summed E-state index contributed by atoms with van der Waals surface area (Å²) < 4.78 is 39.9. The lowest BCUT2D eigenvalue weighted by Crippen LogP contribution is -2.12. The van der Waals surface area contributed by atoms with Crippen LogP contribution in [0.4, 0.5) is 10.2 Å². The molecule has 3 rings (SSSR count). The van der Waals surface area contributed by atoms with E-state index in [1.54, 1.807) is 12.1 Å². The predicted octanol–water partition coefficient (Wildman–Crippen LogP) is 3.12. The molecule has 0 unspecified atom stereocenters. The van der Waals surface area contributed by atoms with Gasteiger partial charge in [-0.1, -0.05) is 38.1 Å². The number of nitrogen functional groups attached to an aromatic ring is 1. The van der Waals surface area contributed by atoms with Crippen LogP contribution >= 0.6 is 0 Å². The first-order valence-corrected chi connectivity index (χ1v) is 9.42. The number of hydrogen-bond acceptors (Lipinski definition) is 5. The van der Waals surface area contributed by atoms with Crippen molar-refractivity contribution in [2.45, 2.75) is 36.1 Å². The van der Waals surface area contributed by atoms with E-state index in [4.69, 9.17) is 5.73 Å². The molecule has 0 amide bonds. The summed E-state index contributed by atoms with van der Waals surface area (Å²) in [7, 11) is -3.92. The van der Waals surface area contributed by atoms with E-state index in [1.807, 2.05) is 20.8 Å². The van der Waals surface area contributed by atoms with E-state index in [-0.39, 0.29) is 21.2 Å². The van der Waals surface area contributed by atoms with Gasteiger partial charge in [-0.05, 0) is 47.4 Å². The van der Waals surface area contributed by atoms with Crippen molar-refractivity contribution in [2.24, 2.45) is 0 Å². The van der Waals surface area contributed by atoms with Gasteiger partial charge in [0.15, 0.2) is 5.82 Å². The van der Waals surface area contributed by atoms with E-state index in [0.29, 0.717) is 5.69 Å². The first-order valence-electron chi connectivity index (χ1n) is 7.93. The van der Waals surface area contributed by atoms with E-state index in [9.17, 15) is 12.8 Å². The molecule has 0 aliphatic carbocycles. The monoisotopic (exact) mass is 374 g/mol. The number of nitrogens with zero attached hydrogens (tertiary/aromatic N) is 3. The third-order valence-corrected chi connectivity index (χ3v) is 5.72. The quantitative estimate of drug-likeness (QED) is 0.761. The van der Waals surface area contributed by atoms with Crippen LogP contribution in [0.5, 0.6) is 0 Å². The molecule has 6 nitrogen and oxygen atoms in total. The lowest BCUT2D eigenvalue weighted by atomic mass is 9.87. The zero-order chi connectivity index (χ0) is 19.1. The second-order valence-electron chi connectivity index (χ2n) is 6.95. The summed E-state index contributed by atoms with van der Waals surface area (Å²) in [4.78, 5) is 0.0864. The van der Waals surface area contributed by atoms with Gasteiger partial charge in [-0.3, -0.25) is 0 Å². The average Bonchev–Trinajstić information content (AvgIpc) is 2.97. The van der Waals surface area contributed by atoms with Crippen molar-refractivity contribution in [1.82, 2.24) is 15.0 Å². The molecule has 0 aliphatic rings. The average molecular weight is 374 g/mol. The number of aromatic nitrogens is 3. The summed E-state index contributed by atoms with van der Waals surface area (Å²) in [5.41, 5.74) is 7.30. The van der Waals surface area contributed by atoms with Gasteiger partial charge in [0.1, 0.15) is 5.82 Å². The summed E-state index contributed by atoms with van der Waals surface area (Å²) in [5.74, 6) is -0.546. The number of hydrogen-bond donors (Lipinski definition) is 1. The normalized spacial score (nSPS) is 12.3. The molecule has 0 aliphatic heterocycles. The fraction of sp³-hybridized carbons (Fsp3) is 0.222. The minimum absolute atomic E-state index is 0.0864. The van der Waals surface area contributed by atoms with Gasteiger partial charge in [0.25, 0.3) is 0 Å². The third-order valence-electron chi connectivity index (χ3n) is 4.03. The van der Waals surface area contributed by atoms with E-state index in [2.05, 4.69) is 10.3 Å². The Morgan fingerprint density at radius 2 is 1.58 bits per heavy atom. The Morgan fingerprint density at radius 1 is 1.00 bits per heavy atom. The Morgan fingerprint density at radius 3 is 2.12 bits per heavy atom. The number of halogens is 1. The summed E-state index contributed by atoms with van der Waals surface area (Å²) in [6, 6.07) is 12.0. The van der Waals surface area contributed by atoms with Crippen LogP contribution < -0.4 is 5.73 Å². The number of rotatable bonds is 3. The van der Waals surface area contributed by atoms with Gasteiger partial charge in [0, 0.05) is 0 Å². The SMILES string of the molecule is CC(C)(C)c1ccc(S(=O)(=O)c2nnn(-c3ccc(F)cc3)c2N)cc1. The predicted molar refractivity (Wildman–Crippen MR) is 96.3 cm³/mol. The molecule has 26 heavy (non-hydrogen) atoms. The molecule has 1 heterocycles. The lowest BCUT2D eigenvalue weighted by molar-refractivity contribution is 0.585. The Balaban J connectivity index is 2.02. The lowest BCUT2D eigenvalue weighted by Gasteiger charge is -2.19. The van der Waals surface area contributed by atoms with E-state index in [0.717, 1.165) is 10.2 Å². The smallest absolute Gasteiger partial charge is 0.229 e. The Bertz CT molecular complexity index is 1030. The molecule has 0 atom stereocenters. The van der Waals surface area contributed by atoms with Crippen LogP contribution in [0, 0.1) is 5.82 Å². The van der Waals surface area contributed by atoms with Crippen molar-refractivity contribution < 1.29 is 12.8 Å². The largest absolute Gasteiger partial charge is 0.381 e. The summed E-state index contributed by atoms with van der Waals surface area (Å²) in [6.45, 7) is 6.13. The second kappa shape index (κ2) is 6.21. The zero-order valence-corrected chi connectivity index (χ0v) is 15.5. The van der Waals surface area contributed by atoms with E-state index in [1.165, 1.54) is 36.4 Å². The van der Waals surface area contributed by atoms with Crippen molar-refractivity contribution in [3.63, 3.8) is 0 Å². The highest BCUT2D eigenvalue weighted by atomic mass is 32.2. The molecular weight excluding hydrogens is 355 g/mol. The maximum absolute atomic E-state index is 13.1. The molecule has 2 N–H and O–H groups in total. The molecule has 0 fully saturated rings. The van der Waals surface area contributed by atoms with Gasteiger partial charge >= 0.3 is 0 Å². The van der Waals surface area contributed by atoms with Crippen molar-refractivity contribution >= 4 is 15.7 Å². The van der Waals surface area contributed by atoms with E-state index >= 15 is 0 Å².